The van der Waals surface area contributed by atoms with Crippen LogP contribution in [0, 0.1) is 0 Å². The maximum atomic E-state index is 13.9. The lowest BCUT2D eigenvalue weighted by molar-refractivity contribution is -0.170. The van der Waals surface area contributed by atoms with Gasteiger partial charge >= 0.3 is 12.1 Å². The smallest absolute Gasteiger partial charge is 0.326 e. The Kier molecular flexibility index (Phi) is 7.68. The molecule has 0 aliphatic heterocycles. The van der Waals surface area contributed by atoms with E-state index in [4.69, 9.17) is 5.73 Å². The number of nitrogens with zero attached hydrogens (tertiary/aromatic N) is 2. The normalized spacial score (nSPS) is 12.9. The molecule has 4 aromatic rings. The first-order chi connectivity index (χ1) is 18.0. The van der Waals surface area contributed by atoms with Crippen molar-refractivity contribution in [1.29, 1.82) is 0 Å². The number of halogens is 3. The number of amides is 1. The number of carbonyl (C=O) groups is 2. The average Bonchev–Trinajstić information content (AvgIpc) is 3.35. The molecule has 2 N–H and O–H groups in total. The van der Waals surface area contributed by atoms with E-state index < -0.39 is 33.7 Å². The molecule has 0 saturated heterocycles. The van der Waals surface area contributed by atoms with Crippen molar-refractivity contribution in [2.45, 2.75) is 30.6 Å². The summed E-state index contributed by atoms with van der Waals surface area (Å²) < 4.78 is 66.8. The van der Waals surface area contributed by atoms with Crippen molar-refractivity contribution in [3.8, 4) is 0 Å². The third kappa shape index (κ3) is 5.47. The average molecular weight is 562 g/mol. The first kappa shape index (κ1) is 27.4. The molecule has 1 amide bonds. The molecular formula is C26H22F3N3O4S2. The summed E-state index contributed by atoms with van der Waals surface area (Å²) in [6.07, 6.45) is -5.34. The molecule has 0 saturated carbocycles. The number of rotatable bonds is 8. The minimum atomic E-state index is -5.34. The molecule has 0 fully saturated rings. The summed E-state index contributed by atoms with van der Waals surface area (Å²) in [6.45, 7) is 1.59. The van der Waals surface area contributed by atoms with Gasteiger partial charge in [0, 0.05) is 12.2 Å². The van der Waals surface area contributed by atoms with Crippen LogP contribution in [0.25, 0.3) is 10.2 Å². The summed E-state index contributed by atoms with van der Waals surface area (Å²) in [4.78, 5) is 31.2. The monoisotopic (exact) mass is 561 g/mol. The third-order valence-electron chi connectivity index (χ3n) is 5.86. The van der Waals surface area contributed by atoms with Crippen LogP contribution in [0.1, 0.15) is 33.9 Å². The van der Waals surface area contributed by atoms with E-state index in [1.807, 2.05) is 0 Å². The van der Waals surface area contributed by atoms with Crippen LogP contribution >= 0.6 is 11.3 Å². The Hall–Kier alpha value is -3.61. The van der Waals surface area contributed by atoms with Crippen LogP contribution in [0.2, 0.25) is 0 Å². The Morgan fingerprint density at radius 1 is 1.00 bits per heavy atom. The topological polar surface area (TPSA) is 110 Å². The number of anilines is 1. The molecular weight excluding hydrogens is 539 g/mol. The standard InChI is InChI=1S/C26H22F3N3O4S2/c1-2-38(35,36)19-13-11-18(12-14-19)32(25(34)26(27,28)29)22(17-9-7-16(15-30)8-10-17)23(33)24-31-20-5-3-4-6-21(20)37-24/h3-14,22H,2,15,30H2,1H3. The predicted octanol–water partition coefficient (Wildman–Crippen LogP) is 5.07. The number of para-hydroxylation sites is 1. The summed E-state index contributed by atoms with van der Waals surface area (Å²) in [6, 6.07) is 15.5. The van der Waals surface area contributed by atoms with Crippen molar-refractivity contribution in [3.05, 3.63) is 88.9 Å². The van der Waals surface area contributed by atoms with E-state index in [0.29, 0.717) is 20.7 Å². The predicted molar refractivity (Wildman–Crippen MR) is 139 cm³/mol. The molecule has 4 rings (SSSR count). The molecule has 0 bridgehead atoms. The van der Waals surface area contributed by atoms with Gasteiger partial charge < -0.3 is 5.73 Å². The van der Waals surface area contributed by atoms with Crippen molar-refractivity contribution in [2.75, 3.05) is 10.7 Å². The van der Waals surface area contributed by atoms with Crippen molar-refractivity contribution in [2.24, 2.45) is 5.73 Å². The van der Waals surface area contributed by atoms with Gasteiger partial charge in [-0.25, -0.2) is 13.4 Å². The fraction of sp³-hybridized carbons (Fsp3) is 0.192. The number of carbonyl (C=O) groups excluding carboxylic acids is 2. The second kappa shape index (κ2) is 10.6. The maximum Gasteiger partial charge on any atom is 0.471 e. The minimum absolute atomic E-state index is 0.0794. The number of hydrogen-bond acceptors (Lipinski definition) is 7. The lowest BCUT2D eigenvalue weighted by atomic mass is 9.98. The number of fused-ring (bicyclic) bond motifs is 1. The van der Waals surface area contributed by atoms with Crippen molar-refractivity contribution >= 4 is 48.8 Å². The molecule has 1 unspecified atom stereocenters. The van der Waals surface area contributed by atoms with Crippen molar-refractivity contribution in [1.82, 2.24) is 4.98 Å². The van der Waals surface area contributed by atoms with Crippen molar-refractivity contribution < 1.29 is 31.2 Å². The lowest BCUT2D eigenvalue weighted by Crippen LogP contribution is -2.46. The van der Waals surface area contributed by atoms with Gasteiger partial charge in [0.1, 0.15) is 6.04 Å². The first-order valence-electron chi connectivity index (χ1n) is 11.4. The zero-order chi connectivity index (χ0) is 27.7. The molecule has 1 heterocycles. The van der Waals surface area contributed by atoms with Gasteiger partial charge in [0.05, 0.1) is 20.9 Å². The van der Waals surface area contributed by atoms with E-state index in [0.717, 1.165) is 35.6 Å². The quantitative estimate of drug-likeness (QED) is 0.301. The maximum absolute atomic E-state index is 13.9. The van der Waals surface area contributed by atoms with Crippen LogP contribution < -0.4 is 10.6 Å². The van der Waals surface area contributed by atoms with Gasteiger partial charge in [-0.3, -0.25) is 14.5 Å². The van der Waals surface area contributed by atoms with E-state index in [1.165, 1.54) is 19.1 Å². The Balaban J connectivity index is 1.91. The first-order valence-corrected chi connectivity index (χ1v) is 13.8. The van der Waals surface area contributed by atoms with Gasteiger partial charge in [0.15, 0.2) is 14.8 Å². The van der Waals surface area contributed by atoms with Crippen LogP contribution in [0.4, 0.5) is 18.9 Å². The van der Waals surface area contributed by atoms with E-state index >= 15 is 0 Å². The molecule has 1 atom stereocenters. The highest BCUT2D eigenvalue weighted by atomic mass is 32.2. The van der Waals surface area contributed by atoms with Gasteiger partial charge in [-0.15, -0.1) is 11.3 Å². The molecule has 0 radical (unpaired) electrons. The summed E-state index contributed by atoms with van der Waals surface area (Å²) >= 11 is 0.997. The molecule has 7 nitrogen and oxygen atoms in total. The number of sulfone groups is 1. The van der Waals surface area contributed by atoms with Crippen molar-refractivity contribution in [3.63, 3.8) is 0 Å². The molecule has 198 valence electrons. The number of hydrogen-bond donors (Lipinski definition) is 1. The number of ketones is 1. The van der Waals surface area contributed by atoms with E-state index in [1.54, 1.807) is 36.4 Å². The number of benzene rings is 3. The Labute approximate surface area is 220 Å². The fourth-order valence-corrected chi connectivity index (χ4v) is 5.66. The Morgan fingerprint density at radius 3 is 2.18 bits per heavy atom. The number of aromatic nitrogens is 1. The summed E-state index contributed by atoms with van der Waals surface area (Å²) in [5.74, 6) is -3.33. The van der Waals surface area contributed by atoms with Gasteiger partial charge in [0.2, 0.25) is 5.78 Å². The fourth-order valence-electron chi connectivity index (χ4n) is 3.85. The van der Waals surface area contributed by atoms with Gasteiger partial charge in [-0.05, 0) is 47.5 Å². The number of nitrogens with two attached hydrogens (primary N) is 1. The largest absolute Gasteiger partial charge is 0.471 e. The zero-order valence-corrected chi connectivity index (χ0v) is 21.6. The Bertz CT molecular complexity index is 1550. The van der Waals surface area contributed by atoms with E-state index in [9.17, 15) is 31.2 Å². The number of alkyl halides is 3. The third-order valence-corrected chi connectivity index (χ3v) is 8.66. The highest BCUT2D eigenvalue weighted by Gasteiger charge is 2.48. The number of Topliss-reactive ketones (excluding diaryl/α,β-unsaturated/α-hetero) is 1. The van der Waals surface area contributed by atoms with Gasteiger partial charge in [0.25, 0.3) is 0 Å². The van der Waals surface area contributed by atoms with E-state index in [2.05, 4.69) is 4.98 Å². The highest BCUT2D eigenvalue weighted by Crippen LogP contribution is 2.36. The second-order valence-electron chi connectivity index (χ2n) is 8.27. The van der Waals surface area contributed by atoms with Crippen LogP contribution in [0.5, 0.6) is 0 Å². The van der Waals surface area contributed by atoms with Crippen LogP contribution in [0.3, 0.4) is 0 Å². The molecule has 12 heteroatoms. The Morgan fingerprint density at radius 2 is 1.63 bits per heavy atom. The summed E-state index contributed by atoms with van der Waals surface area (Å²) in [5.41, 5.74) is 6.61. The van der Waals surface area contributed by atoms with Crippen LogP contribution in [0.15, 0.2) is 77.7 Å². The lowest BCUT2D eigenvalue weighted by Gasteiger charge is -2.31. The minimum Gasteiger partial charge on any atom is -0.326 e. The zero-order valence-electron chi connectivity index (χ0n) is 20.0. The molecule has 0 aliphatic rings. The molecule has 3 aromatic carbocycles. The van der Waals surface area contributed by atoms with Gasteiger partial charge in [-0.2, -0.15) is 13.2 Å². The molecule has 1 aromatic heterocycles. The summed E-state index contributed by atoms with van der Waals surface area (Å²) in [7, 11) is -3.66. The van der Waals surface area contributed by atoms with Crippen LogP contribution in [-0.4, -0.2) is 37.0 Å². The highest BCUT2D eigenvalue weighted by molar-refractivity contribution is 7.91. The summed E-state index contributed by atoms with van der Waals surface area (Å²) in [5, 5.41) is -0.0794. The molecule has 38 heavy (non-hydrogen) atoms. The van der Waals surface area contributed by atoms with E-state index in [-0.39, 0.29) is 33.5 Å². The van der Waals surface area contributed by atoms with Gasteiger partial charge in [-0.1, -0.05) is 43.3 Å². The SMILES string of the molecule is CCS(=O)(=O)c1ccc(N(C(=O)C(F)(F)F)C(C(=O)c2nc3ccccc3s2)c2ccc(CN)cc2)cc1. The number of thiazole rings is 1. The van der Waals surface area contributed by atoms with Crippen LogP contribution in [-0.2, 0) is 21.2 Å². The molecule has 0 aliphatic carbocycles. The second-order valence-corrected chi connectivity index (χ2v) is 11.6. The molecule has 0 spiro atoms.